The van der Waals surface area contributed by atoms with Crippen LogP contribution >= 0.6 is 0 Å². The third kappa shape index (κ3) is 3.55. The molecule has 2 fully saturated rings. The minimum Gasteiger partial charge on any atom is -0.490 e. The van der Waals surface area contributed by atoms with Gasteiger partial charge in [-0.1, -0.05) is 6.08 Å². The fourth-order valence-electron chi connectivity index (χ4n) is 6.76. The van der Waals surface area contributed by atoms with Gasteiger partial charge in [0.15, 0.2) is 0 Å². The molecule has 5 heterocycles. The van der Waals surface area contributed by atoms with Crippen molar-refractivity contribution in [2.24, 2.45) is 13.0 Å². The zero-order chi connectivity index (χ0) is 26.3. The molecule has 38 heavy (non-hydrogen) atoms. The summed E-state index contributed by atoms with van der Waals surface area (Å²) in [6.45, 7) is 2.41. The van der Waals surface area contributed by atoms with Gasteiger partial charge in [0.05, 0.1) is 39.7 Å². The van der Waals surface area contributed by atoms with Crippen molar-refractivity contribution in [3.63, 3.8) is 0 Å². The van der Waals surface area contributed by atoms with E-state index in [4.69, 9.17) is 4.74 Å². The van der Waals surface area contributed by atoms with Gasteiger partial charge in [-0.15, -0.1) is 0 Å². The summed E-state index contributed by atoms with van der Waals surface area (Å²) >= 11 is 0. The fraction of sp³-hybridized carbons (Fsp3) is 0.517. The van der Waals surface area contributed by atoms with Crippen molar-refractivity contribution in [3.8, 4) is 5.75 Å². The van der Waals surface area contributed by atoms with Gasteiger partial charge >= 0.3 is 5.69 Å². The first-order valence-corrected chi connectivity index (χ1v) is 13.7. The molecule has 2 atom stereocenters. The maximum absolute atomic E-state index is 15.9. The van der Waals surface area contributed by atoms with Crippen molar-refractivity contribution in [2.45, 2.75) is 43.9 Å². The van der Waals surface area contributed by atoms with E-state index in [9.17, 15) is 4.79 Å². The molecule has 7 rings (SSSR count). The Bertz CT molecular complexity index is 1560. The first kappa shape index (κ1) is 23.9. The molecule has 0 radical (unpaired) electrons. The summed E-state index contributed by atoms with van der Waals surface area (Å²) in [5.74, 6) is 0.542. The number of piperidine rings is 1. The Kier molecular flexibility index (Phi) is 5.46. The zero-order valence-electron chi connectivity index (χ0n) is 22.5. The Morgan fingerprint density at radius 1 is 1.13 bits per heavy atom. The topological polar surface area (TPSA) is 58.8 Å². The van der Waals surface area contributed by atoms with E-state index in [-0.39, 0.29) is 23.7 Å². The number of likely N-dealkylation sites (tertiary alicyclic amines) is 1. The van der Waals surface area contributed by atoms with Gasteiger partial charge in [0.2, 0.25) is 0 Å². The number of hydrogen-bond donors (Lipinski definition) is 0. The average molecular weight is 519 g/mol. The molecule has 1 aliphatic carbocycles. The number of aromatic nitrogens is 3. The first-order valence-electron chi connectivity index (χ1n) is 13.7. The SMILES string of the molecule is CN(C)C1CCN(C2C=CC(c3c(F)cc4ncc5c6c4c3OCC(C3CC3)n6c(=O)n5C)=CN2C)CC1. The smallest absolute Gasteiger partial charge is 0.329 e. The van der Waals surface area contributed by atoms with Crippen LogP contribution in [0.5, 0.6) is 5.75 Å². The number of imidazole rings is 1. The first-order chi connectivity index (χ1) is 18.3. The van der Waals surface area contributed by atoms with E-state index >= 15 is 4.39 Å². The summed E-state index contributed by atoms with van der Waals surface area (Å²) in [4.78, 5) is 24.9. The lowest BCUT2D eigenvalue weighted by Crippen LogP contribution is -2.50. The summed E-state index contributed by atoms with van der Waals surface area (Å²) in [5, 5.41) is 0.726. The van der Waals surface area contributed by atoms with Crippen LogP contribution in [0.15, 0.2) is 35.4 Å². The van der Waals surface area contributed by atoms with Crippen LogP contribution in [-0.4, -0.2) is 81.9 Å². The van der Waals surface area contributed by atoms with Crippen LogP contribution in [0.3, 0.4) is 0 Å². The number of allylic oxidation sites excluding steroid dienone is 2. The molecule has 8 nitrogen and oxygen atoms in total. The molecule has 0 amide bonds. The quantitative estimate of drug-likeness (QED) is 0.527. The second-order valence-corrected chi connectivity index (χ2v) is 11.6. The van der Waals surface area contributed by atoms with Crippen LogP contribution in [0.4, 0.5) is 4.39 Å². The largest absolute Gasteiger partial charge is 0.490 e. The summed E-state index contributed by atoms with van der Waals surface area (Å²) in [6, 6.07) is 2.05. The molecular formula is C29H35FN6O2. The second kappa shape index (κ2) is 8.68. The van der Waals surface area contributed by atoms with Crippen molar-refractivity contribution in [3.05, 3.63) is 52.5 Å². The molecule has 1 saturated heterocycles. The standard InChI is InChI=1S/C29H35FN6O2/c1-32(2)19-9-11-35(12-10-19)24-8-7-18(15-33(24)3)25-20(30)13-21-26-27-22(14-31-21)34(4)29(37)36(27)23(17-5-6-17)16-38-28(25)26/h7-8,13-15,17,19,23-24H,5-6,9-12,16H2,1-4H3. The molecule has 0 spiro atoms. The van der Waals surface area contributed by atoms with Gasteiger partial charge in [0.25, 0.3) is 0 Å². The maximum Gasteiger partial charge on any atom is 0.329 e. The van der Waals surface area contributed by atoms with Crippen LogP contribution in [0, 0.1) is 11.7 Å². The van der Waals surface area contributed by atoms with Crippen molar-refractivity contribution in [1.82, 2.24) is 28.8 Å². The summed E-state index contributed by atoms with van der Waals surface area (Å²) < 4.78 is 25.9. The molecule has 4 aliphatic rings. The molecule has 2 unspecified atom stereocenters. The number of hydrogen-bond acceptors (Lipinski definition) is 6. The number of aryl methyl sites for hydroxylation is 1. The van der Waals surface area contributed by atoms with Gasteiger partial charge in [-0.05, 0) is 51.8 Å². The number of ether oxygens (including phenoxy) is 1. The highest BCUT2D eigenvalue weighted by molar-refractivity contribution is 6.08. The number of rotatable bonds is 4. The van der Waals surface area contributed by atoms with Gasteiger partial charge in [-0.3, -0.25) is 19.0 Å². The minimum atomic E-state index is -0.358. The number of likely N-dealkylation sites (N-methyl/N-ethyl adjacent to an activating group) is 1. The predicted molar refractivity (Wildman–Crippen MR) is 147 cm³/mol. The molecule has 0 bridgehead atoms. The molecule has 2 aromatic heterocycles. The second-order valence-electron chi connectivity index (χ2n) is 11.6. The Labute approximate surface area is 221 Å². The van der Waals surface area contributed by atoms with Gasteiger partial charge in [-0.25, -0.2) is 9.18 Å². The van der Waals surface area contributed by atoms with Crippen LogP contribution in [0.25, 0.3) is 27.5 Å². The van der Waals surface area contributed by atoms with Crippen LogP contribution in [0.2, 0.25) is 0 Å². The van der Waals surface area contributed by atoms with Gasteiger partial charge in [0, 0.05) is 51.1 Å². The Morgan fingerprint density at radius 2 is 1.89 bits per heavy atom. The lowest BCUT2D eigenvalue weighted by atomic mass is 9.97. The normalized spacial score (nSPS) is 24.5. The van der Waals surface area contributed by atoms with Crippen molar-refractivity contribution >= 4 is 27.5 Å². The van der Waals surface area contributed by atoms with E-state index in [1.54, 1.807) is 17.8 Å². The zero-order valence-corrected chi connectivity index (χ0v) is 22.5. The highest BCUT2D eigenvalue weighted by Crippen LogP contribution is 2.47. The molecule has 200 valence electrons. The summed E-state index contributed by atoms with van der Waals surface area (Å²) in [6.07, 6.45) is 12.5. The predicted octanol–water partition coefficient (Wildman–Crippen LogP) is 3.57. The molecular weight excluding hydrogens is 483 g/mol. The third-order valence-corrected chi connectivity index (χ3v) is 9.11. The molecule has 1 aromatic carbocycles. The van der Waals surface area contributed by atoms with Crippen molar-refractivity contribution < 1.29 is 9.13 Å². The minimum absolute atomic E-state index is 0.0619. The van der Waals surface area contributed by atoms with Gasteiger partial charge in [0.1, 0.15) is 24.3 Å². The third-order valence-electron chi connectivity index (χ3n) is 9.11. The number of nitrogens with zero attached hydrogens (tertiary/aromatic N) is 6. The van der Waals surface area contributed by atoms with E-state index in [0.717, 1.165) is 60.8 Å². The van der Waals surface area contributed by atoms with Crippen molar-refractivity contribution in [2.75, 3.05) is 40.8 Å². The lowest BCUT2D eigenvalue weighted by Gasteiger charge is -2.42. The van der Waals surface area contributed by atoms with Crippen LogP contribution in [-0.2, 0) is 7.05 Å². The van der Waals surface area contributed by atoms with Gasteiger partial charge in [-0.2, -0.15) is 0 Å². The molecule has 9 heteroatoms. The Balaban J connectivity index is 1.31. The molecule has 3 aliphatic heterocycles. The number of pyridine rings is 1. The van der Waals surface area contributed by atoms with Crippen LogP contribution < -0.4 is 10.4 Å². The fourth-order valence-corrected chi connectivity index (χ4v) is 6.76. The van der Waals surface area contributed by atoms with Crippen molar-refractivity contribution in [1.29, 1.82) is 0 Å². The Morgan fingerprint density at radius 3 is 2.58 bits per heavy atom. The van der Waals surface area contributed by atoms with Gasteiger partial charge < -0.3 is 14.5 Å². The van der Waals surface area contributed by atoms with E-state index in [0.29, 0.717) is 35.4 Å². The number of halogens is 1. The molecule has 1 saturated carbocycles. The Hall–Kier alpha value is -3.17. The van der Waals surface area contributed by atoms with E-state index in [1.807, 2.05) is 16.8 Å². The molecule has 0 N–H and O–H groups in total. The van der Waals surface area contributed by atoms with E-state index in [1.165, 1.54) is 6.07 Å². The summed E-state index contributed by atoms with van der Waals surface area (Å²) in [5.41, 5.74) is 3.23. The van der Waals surface area contributed by atoms with E-state index < -0.39 is 0 Å². The average Bonchev–Trinajstić information content (AvgIpc) is 3.72. The van der Waals surface area contributed by atoms with E-state index in [2.05, 4.69) is 46.9 Å². The highest BCUT2D eigenvalue weighted by Gasteiger charge is 2.39. The number of benzene rings is 1. The summed E-state index contributed by atoms with van der Waals surface area (Å²) in [7, 11) is 8.15. The monoisotopic (exact) mass is 518 g/mol. The highest BCUT2D eigenvalue weighted by atomic mass is 19.1. The van der Waals surface area contributed by atoms with Crippen LogP contribution in [0.1, 0.15) is 37.3 Å². The molecule has 3 aromatic rings. The maximum atomic E-state index is 15.9. The lowest BCUT2D eigenvalue weighted by molar-refractivity contribution is 0.0736.